The number of aromatic nitrogens is 5. The third kappa shape index (κ3) is 9.19. The average molecular weight is 721 g/mol. The maximum absolute atomic E-state index is 13.5. The van der Waals surface area contributed by atoms with Gasteiger partial charge < -0.3 is 19.9 Å². The van der Waals surface area contributed by atoms with Crippen molar-refractivity contribution in [2.24, 2.45) is 0 Å². The Morgan fingerprint density at radius 2 is 1.65 bits per heavy atom. The standard InChI is InChI=1S/C38H47F3N8O3/c1-2-21-48-36(51)31-27-42-37(45-35(31)49(48)33-15-11-14-32(44-33)38(39,40)41)43-28-17-19-29(20-18-28)46-22-24-47(25-23-46)34(50)16-7-5-3-4-6-10-26-52-30-12-8-9-13-30/h2,11,14-15,17-20,27,30H,1,3-10,12-13,16,21-26H2,(H,42,43,45). The molecule has 1 saturated heterocycles. The molecule has 1 saturated carbocycles. The van der Waals surface area contributed by atoms with Crippen molar-refractivity contribution >= 4 is 34.3 Å². The molecule has 4 aromatic rings. The fourth-order valence-corrected chi connectivity index (χ4v) is 6.95. The summed E-state index contributed by atoms with van der Waals surface area (Å²) < 4.78 is 48.8. The summed E-state index contributed by atoms with van der Waals surface area (Å²) >= 11 is 0. The van der Waals surface area contributed by atoms with Crippen LogP contribution < -0.4 is 15.8 Å². The molecule has 1 N–H and O–H groups in total. The quantitative estimate of drug-likeness (QED) is 0.0952. The summed E-state index contributed by atoms with van der Waals surface area (Å²) in [5.74, 6) is 0.282. The molecular formula is C38H47F3N8O3. The second-order valence-corrected chi connectivity index (χ2v) is 13.5. The van der Waals surface area contributed by atoms with Gasteiger partial charge >= 0.3 is 6.18 Å². The van der Waals surface area contributed by atoms with Gasteiger partial charge in [0, 0.05) is 56.8 Å². The van der Waals surface area contributed by atoms with Crippen molar-refractivity contribution in [2.45, 2.75) is 89.5 Å². The van der Waals surface area contributed by atoms with Crippen LogP contribution in [0.3, 0.4) is 0 Å². The zero-order valence-corrected chi connectivity index (χ0v) is 29.5. The van der Waals surface area contributed by atoms with E-state index < -0.39 is 17.4 Å². The summed E-state index contributed by atoms with van der Waals surface area (Å²) in [5.41, 5.74) is 0.251. The highest BCUT2D eigenvalue weighted by Crippen LogP contribution is 2.29. The van der Waals surface area contributed by atoms with Gasteiger partial charge in [0.2, 0.25) is 11.9 Å². The summed E-state index contributed by atoms with van der Waals surface area (Å²) in [4.78, 5) is 42.8. The molecule has 2 fully saturated rings. The van der Waals surface area contributed by atoms with E-state index in [1.807, 2.05) is 29.2 Å². The average Bonchev–Trinajstić information content (AvgIpc) is 3.77. The summed E-state index contributed by atoms with van der Waals surface area (Å²) in [7, 11) is 0. The van der Waals surface area contributed by atoms with Crippen LogP contribution in [-0.4, -0.2) is 74.0 Å². The first-order chi connectivity index (χ1) is 25.2. The largest absolute Gasteiger partial charge is 0.433 e. The molecule has 6 rings (SSSR count). The molecule has 0 radical (unpaired) electrons. The molecule has 11 nitrogen and oxygen atoms in total. The van der Waals surface area contributed by atoms with Crippen molar-refractivity contribution in [1.82, 2.24) is 29.2 Å². The number of amides is 1. The molecule has 2 aliphatic rings. The molecule has 0 spiro atoms. The molecule has 1 aliphatic carbocycles. The first-order valence-electron chi connectivity index (χ1n) is 18.4. The number of hydrogen-bond acceptors (Lipinski definition) is 8. The van der Waals surface area contributed by atoms with Crippen molar-refractivity contribution in [2.75, 3.05) is 43.0 Å². The zero-order chi connectivity index (χ0) is 36.5. The Labute approximate surface area is 301 Å². The molecule has 0 atom stereocenters. The van der Waals surface area contributed by atoms with Crippen LogP contribution in [0, 0.1) is 0 Å². The van der Waals surface area contributed by atoms with Crippen LogP contribution in [0.5, 0.6) is 0 Å². The van der Waals surface area contributed by atoms with Gasteiger partial charge in [0.15, 0.2) is 11.5 Å². The van der Waals surface area contributed by atoms with Gasteiger partial charge in [-0.05, 0) is 62.1 Å². The van der Waals surface area contributed by atoms with E-state index in [2.05, 4.69) is 31.7 Å². The fraction of sp³-hybridized carbons (Fsp3) is 0.500. The first kappa shape index (κ1) is 37.1. The number of ether oxygens (including phenoxy) is 1. The van der Waals surface area contributed by atoms with E-state index >= 15 is 0 Å². The third-order valence-corrected chi connectivity index (χ3v) is 9.78. The minimum Gasteiger partial charge on any atom is -0.378 e. The van der Waals surface area contributed by atoms with Gasteiger partial charge in [0.1, 0.15) is 11.1 Å². The Morgan fingerprint density at radius 1 is 0.942 bits per heavy atom. The number of rotatable bonds is 16. The maximum Gasteiger partial charge on any atom is 0.433 e. The third-order valence-electron chi connectivity index (χ3n) is 9.78. The summed E-state index contributed by atoms with van der Waals surface area (Å²) in [5, 5.41) is 3.26. The van der Waals surface area contributed by atoms with Gasteiger partial charge in [-0.2, -0.15) is 18.2 Å². The number of nitrogens with zero attached hydrogens (tertiary/aromatic N) is 7. The molecule has 278 valence electrons. The molecule has 0 bridgehead atoms. The molecule has 52 heavy (non-hydrogen) atoms. The lowest BCUT2D eigenvalue weighted by Gasteiger charge is -2.36. The van der Waals surface area contributed by atoms with Crippen molar-refractivity contribution < 1.29 is 22.7 Å². The van der Waals surface area contributed by atoms with Crippen molar-refractivity contribution in [3.05, 3.63) is 77.4 Å². The lowest BCUT2D eigenvalue weighted by molar-refractivity contribution is -0.141. The number of benzene rings is 1. The Hall–Kier alpha value is -4.72. The smallest absolute Gasteiger partial charge is 0.378 e. The Morgan fingerprint density at radius 3 is 2.37 bits per heavy atom. The van der Waals surface area contributed by atoms with Gasteiger partial charge in [-0.1, -0.05) is 50.7 Å². The molecular weight excluding hydrogens is 673 g/mol. The van der Waals surface area contributed by atoms with Gasteiger partial charge in [-0.25, -0.2) is 19.3 Å². The van der Waals surface area contributed by atoms with Crippen LogP contribution in [-0.2, 0) is 22.3 Å². The van der Waals surface area contributed by atoms with Crippen LogP contribution >= 0.6 is 0 Å². The summed E-state index contributed by atoms with van der Waals surface area (Å²) in [6.45, 7) is 7.42. The van der Waals surface area contributed by atoms with Gasteiger partial charge in [-0.3, -0.25) is 9.59 Å². The Balaban J connectivity index is 0.987. The monoisotopic (exact) mass is 720 g/mol. The minimum absolute atomic E-state index is 0.0246. The number of fused-ring (bicyclic) bond motifs is 1. The van der Waals surface area contributed by atoms with Crippen LogP contribution in [0.2, 0.25) is 0 Å². The number of pyridine rings is 1. The number of unbranched alkanes of at least 4 members (excludes halogenated alkanes) is 5. The molecule has 3 aromatic heterocycles. The number of allylic oxidation sites excluding steroid dienone is 1. The van der Waals surface area contributed by atoms with Crippen molar-refractivity contribution in [3.63, 3.8) is 0 Å². The van der Waals surface area contributed by atoms with E-state index in [1.54, 1.807) is 0 Å². The van der Waals surface area contributed by atoms with Crippen LogP contribution in [0.1, 0.15) is 76.3 Å². The molecule has 4 heterocycles. The van der Waals surface area contributed by atoms with E-state index in [-0.39, 0.29) is 35.3 Å². The second-order valence-electron chi connectivity index (χ2n) is 13.5. The predicted octanol–water partition coefficient (Wildman–Crippen LogP) is 7.26. The summed E-state index contributed by atoms with van der Waals surface area (Å²) in [6, 6.07) is 11.2. The van der Waals surface area contributed by atoms with E-state index in [9.17, 15) is 22.8 Å². The summed E-state index contributed by atoms with van der Waals surface area (Å²) in [6.07, 6.45) is 11.0. The van der Waals surface area contributed by atoms with Crippen molar-refractivity contribution in [1.29, 1.82) is 0 Å². The van der Waals surface area contributed by atoms with E-state index in [1.165, 1.54) is 72.3 Å². The number of anilines is 3. The number of carbonyl (C=O) groups excluding carboxylic acids is 1. The van der Waals surface area contributed by atoms with E-state index in [0.717, 1.165) is 57.1 Å². The molecule has 1 aliphatic heterocycles. The topological polar surface area (TPSA) is 110 Å². The Bertz CT molecular complexity index is 1860. The SMILES string of the molecule is C=CCn1c(=O)c2cnc(Nc3ccc(N4CCN(C(=O)CCCCCCCCOC5CCCC5)CC4)cc3)nc2n1-c1cccc(C(F)(F)F)n1. The van der Waals surface area contributed by atoms with Crippen LogP contribution in [0.25, 0.3) is 16.9 Å². The molecule has 14 heteroatoms. The lowest BCUT2D eigenvalue weighted by atomic mass is 10.1. The highest BCUT2D eigenvalue weighted by Gasteiger charge is 2.33. The lowest BCUT2D eigenvalue weighted by Crippen LogP contribution is -2.48. The highest BCUT2D eigenvalue weighted by molar-refractivity contribution is 5.77. The number of halogens is 3. The zero-order valence-electron chi connectivity index (χ0n) is 29.5. The van der Waals surface area contributed by atoms with Gasteiger partial charge in [0.25, 0.3) is 5.56 Å². The molecule has 1 amide bonds. The first-order valence-corrected chi connectivity index (χ1v) is 18.4. The molecule has 0 unspecified atom stereocenters. The highest BCUT2D eigenvalue weighted by atomic mass is 19.4. The van der Waals surface area contributed by atoms with Crippen molar-refractivity contribution in [3.8, 4) is 5.82 Å². The minimum atomic E-state index is -4.66. The predicted molar refractivity (Wildman–Crippen MR) is 195 cm³/mol. The van der Waals surface area contributed by atoms with E-state index in [4.69, 9.17) is 4.74 Å². The number of hydrogen-bond donors (Lipinski definition) is 1. The van der Waals surface area contributed by atoms with E-state index in [0.29, 0.717) is 31.3 Å². The number of nitrogens with one attached hydrogen (secondary N) is 1. The fourth-order valence-electron chi connectivity index (χ4n) is 6.95. The molecule has 1 aromatic carbocycles. The number of alkyl halides is 3. The van der Waals surface area contributed by atoms with Gasteiger partial charge in [-0.15, -0.1) is 6.58 Å². The van der Waals surface area contributed by atoms with Crippen LogP contribution in [0.15, 0.2) is 66.1 Å². The number of piperazine rings is 1. The second kappa shape index (κ2) is 17.2. The Kier molecular flexibility index (Phi) is 12.3. The maximum atomic E-state index is 13.5. The number of carbonyl (C=O) groups is 1. The van der Waals surface area contributed by atoms with Gasteiger partial charge in [0.05, 0.1) is 12.6 Å². The van der Waals surface area contributed by atoms with Crippen LogP contribution in [0.4, 0.5) is 30.5 Å². The normalized spacial score (nSPS) is 15.4.